The van der Waals surface area contributed by atoms with Gasteiger partial charge in [0, 0.05) is 19.8 Å². The highest BCUT2D eigenvalue weighted by Gasteiger charge is 2.18. The van der Waals surface area contributed by atoms with Gasteiger partial charge in [0.2, 0.25) is 10.0 Å². The predicted molar refractivity (Wildman–Crippen MR) is 123 cm³/mol. The van der Waals surface area contributed by atoms with Crippen molar-refractivity contribution in [3.8, 4) is 22.9 Å². The van der Waals surface area contributed by atoms with Crippen LogP contribution in [0.15, 0.2) is 71.6 Å². The number of ether oxygens (including phenoxy) is 1. The molecule has 0 aliphatic rings. The van der Waals surface area contributed by atoms with E-state index in [1.807, 2.05) is 24.3 Å². The van der Waals surface area contributed by atoms with E-state index in [9.17, 15) is 13.2 Å². The van der Waals surface area contributed by atoms with Crippen molar-refractivity contribution >= 4 is 21.6 Å². The molecule has 0 radical (unpaired) electrons. The number of aryl methyl sites for hydroxylation is 1. The van der Waals surface area contributed by atoms with E-state index in [4.69, 9.17) is 10.00 Å². The molecule has 0 atom stereocenters. The number of nitrogens with one attached hydrogen (secondary N) is 1. The number of hydrogen-bond acceptors (Lipinski definition) is 5. The quantitative estimate of drug-likeness (QED) is 0.591. The summed E-state index contributed by atoms with van der Waals surface area (Å²) in [5, 5.41) is 11.6. The summed E-state index contributed by atoms with van der Waals surface area (Å²) in [6.45, 7) is 1.56. The number of nitrogens with zero attached hydrogens (tertiary/aromatic N) is 2. The van der Waals surface area contributed by atoms with Gasteiger partial charge in [-0.1, -0.05) is 30.3 Å². The van der Waals surface area contributed by atoms with Gasteiger partial charge in [-0.25, -0.2) is 12.7 Å². The molecular weight excluding hydrogens is 426 g/mol. The highest BCUT2D eigenvalue weighted by molar-refractivity contribution is 7.89. The van der Waals surface area contributed by atoms with E-state index in [2.05, 4.69) is 11.4 Å². The molecule has 0 unspecified atom stereocenters. The predicted octanol–water partition coefficient (Wildman–Crippen LogP) is 3.80. The van der Waals surface area contributed by atoms with Gasteiger partial charge in [0.05, 0.1) is 16.5 Å². The number of benzene rings is 3. The third-order valence-electron chi connectivity index (χ3n) is 4.83. The second kappa shape index (κ2) is 9.64. The fourth-order valence-corrected chi connectivity index (χ4v) is 3.85. The summed E-state index contributed by atoms with van der Waals surface area (Å²) in [7, 11) is -0.699. The molecule has 0 saturated heterocycles. The van der Waals surface area contributed by atoms with Gasteiger partial charge in [0.25, 0.3) is 5.91 Å². The monoisotopic (exact) mass is 449 g/mol. The van der Waals surface area contributed by atoms with Crippen molar-refractivity contribution < 1.29 is 17.9 Å². The topological polar surface area (TPSA) is 99.5 Å². The molecular formula is C24H23N3O4S. The molecule has 1 amide bonds. The van der Waals surface area contributed by atoms with E-state index >= 15 is 0 Å². The van der Waals surface area contributed by atoms with Crippen LogP contribution in [0.1, 0.15) is 11.1 Å². The summed E-state index contributed by atoms with van der Waals surface area (Å²) in [6.07, 6.45) is 0. The van der Waals surface area contributed by atoms with Gasteiger partial charge in [0.1, 0.15) is 5.75 Å². The first kappa shape index (κ1) is 23.0. The van der Waals surface area contributed by atoms with Gasteiger partial charge < -0.3 is 10.1 Å². The largest absolute Gasteiger partial charge is 0.484 e. The minimum absolute atomic E-state index is 0.0997. The Bertz CT molecular complexity index is 1260. The number of hydrogen-bond donors (Lipinski definition) is 1. The molecule has 0 saturated carbocycles. The van der Waals surface area contributed by atoms with E-state index in [1.165, 1.54) is 26.2 Å². The van der Waals surface area contributed by atoms with Crippen molar-refractivity contribution in [2.75, 3.05) is 26.0 Å². The molecule has 8 heteroatoms. The Labute approximate surface area is 187 Å². The molecule has 164 valence electrons. The van der Waals surface area contributed by atoms with E-state index in [0.29, 0.717) is 17.0 Å². The van der Waals surface area contributed by atoms with Crippen LogP contribution >= 0.6 is 0 Å². The Hall–Kier alpha value is -3.67. The molecule has 0 aromatic heterocycles. The van der Waals surface area contributed by atoms with Gasteiger partial charge in [-0.15, -0.1) is 0 Å². The summed E-state index contributed by atoms with van der Waals surface area (Å²) in [5.41, 5.74) is 3.68. The lowest BCUT2D eigenvalue weighted by molar-refractivity contribution is -0.118. The van der Waals surface area contributed by atoms with Crippen LogP contribution in [-0.4, -0.2) is 39.3 Å². The first-order chi connectivity index (χ1) is 15.2. The Kier molecular flexibility index (Phi) is 6.93. The number of sulfonamides is 1. The Morgan fingerprint density at radius 2 is 1.59 bits per heavy atom. The molecule has 0 spiro atoms. The first-order valence-electron chi connectivity index (χ1n) is 9.77. The number of nitriles is 1. The Balaban J connectivity index is 1.63. The van der Waals surface area contributed by atoms with Crippen LogP contribution in [0, 0.1) is 18.3 Å². The molecule has 0 heterocycles. The number of carbonyl (C=O) groups is 1. The number of anilines is 1. The molecule has 3 rings (SSSR count). The molecule has 3 aromatic rings. The van der Waals surface area contributed by atoms with Gasteiger partial charge >= 0.3 is 0 Å². The normalized spacial score (nSPS) is 11.1. The summed E-state index contributed by atoms with van der Waals surface area (Å²) >= 11 is 0. The van der Waals surface area contributed by atoms with Gasteiger partial charge in [-0.2, -0.15) is 5.26 Å². The maximum absolute atomic E-state index is 12.4. The minimum Gasteiger partial charge on any atom is -0.484 e. The first-order valence-corrected chi connectivity index (χ1v) is 11.2. The average Bonchev–Trinajstić information content (AvgIpc) is 2.79. The van der Waals surface area contributed by atoms with Crippen LogP contribution in [0.3, 0.4) is 0 Å². The fraction of sp³-hybridized carbons (Fsp3) is 0.167. The van der Waals surface area contributed by atoms with Crippen molar-refractivity contribution in [3.63, 3.8) is 0 Å². The van der Waals surface area contributed by atoms with Crippen LogP contribution < -0.4 is 10.1 Å². The Morgan fingerprint density at radius 3 is 2.16 bits per heavy atom. The average molecular weight is 450 g/mol. The molecule has 1 N–H and O–H groups in total. The summed E-state index contributed by atoms with van der Waals surface area (Å²) in [6, 6.07) is 21.2. The smallest absolute Gasteiger partial charge is 0.262 e. The van der Waals surface area contributed by atoms with E-state index < -0.39 is 15.9 Å². The third kappa shape index (κ3) is 5.32. The maximum atomic E-state index is 12.4. The van der Waals surface area contributed by atoms with Crippen LogP contribution in [-0.2, 0) is 14.8 Å². The standard InChI is InChI=1S/C24H23N3O4S/c1-17-4-13-22(32(29,30)27(2)3)14-23(17)26-24(28)16-31-21-11-9-20(10-12-21)19-7-5-18(15-25)6-8-19/h4-14H,16H2,1-3H3,(H,26,28). The molecule has 32 heavy (non-hydrogen) atoms. The molecule has 0 aliphatic heterocycles. The lowest BCUT2D eigenvalue weighted by Gasteiger charge is -2.14. The van der Waals surface area contributed by atoms with Crippen LogP contribution in [0.2, 0.25) is 0 Å². The number of amides is 1. The van der Waals surface area contributed by atoms with Crippen LogP contribution in [0.25, 0.3) is 11.1 Å². The van der Waals surface area contributed by atoms with Crippen molar-refractivity contribution in [1.82, 2.24) is 4.31 Å². The lowest BCUT2D eigenvalue weighted by atomic mass is 10.0. The van der Waals surface area contributed by atoms with E-state index in [1.54, 1.807) is 37.3 Å². The second-order valence-electron chi connectivity index (χ2n) is 7.31. The number of rotatable bonds is 7. The highest BCUT2D eigenvalue weighted by Crippen LogP contribution is 2.24. The summed E-state index contributed by atoms with van der Waals surface area (Å²) in [4.78, 5) is 12.5. The van der Waals surface area contributed by atoms with E-state index in [-0.39, 0.29) is 11.5 Å². The molecule has 3 aromatic carbocycles. The van der Waals surface area contributed by atoms with Crippen molar-refractivity contribution in [3.05, 3.63) is 77.9 Å². The highest BCUT2D eigenvalue weighted by atomic mass is 32.2. The SMILES string of the molecule is Cc1ccc(S(=O)(=O)N(C)C)cc1NC(=O)COc1ccc(-c2ccc(C#N)cc2)cc1. The Morgan fingerprint density at radius 1 is 1.00 bits per heavy atom. The maximum Gasteiger partial charge on any atom is 0.262 e. The minimum atomic E-state index is -3.60. The zero-order valence-electron chi connectivity index (χ0n) is 18.0. The van der Waals surface area contributed by atoms with Crippen molar-refractivity contribution in [2.45, 2.75) is 11.8 Å². The summed E-state index contributed by atoms with van der Waals surface area (Å²) < 4.78 is 31.3. The van der Waals surface area contributed by atoms with Gasteiger partial charge in [-0.3, -0.25) is 4.79 Å². The molecule has 0 bridgehead atoms. The second-order valence-corrected chi connectivity index (χ2v) is 9.47. The van der Waals surface area contributed by atoms with Gasteiger partial charge in [-0.05, 0) is 60.0 Å². The van der Waals surface area contributed by atoms with E-state index in [0.717, 1.165) is 21.0 Å². The summed E-state index contributed by atoms with van der Waals surface area (Å²) in [5.74, 6) is 0.127. The third-order valence-corrected chi connectivity index (χ3v) is 6.64. The lowest BCUT2D eigenvalue weighted by Crippen LogP contribution is -2.23. The molecule has 7 nitrogen and oxygen atoms in total. The zero-order valence-corrected chi connectivity index (χ0v) is 18.8. The van der Waals surface area contributed by atoms with Crippen molar-refractivity contribution in [1.29, 1.82) is 5.26 Å². The number of carbonyl (C=O) groups excluding carboxylic acids is 1. The van der Waals surface area contributed by atoms with Crippen LogP contribution in [0.5, 0.6) is 5.75 Å². The van der Waals surface area contributed by atoms with Gasteiger partial charge in [0.15, 0.2) is 6.61 Å². The molecule has 0 aliphatic carbocycles. The van der Waals surface area contributed by atoms with Crippen molar-refractivity contribution in [2.24, 2.45) is 0 Å². The molecule has 0 fully saturated rings. The van der Waals surface area contributed by atoms with Crippen LogP contribution in [0.4, 0.5) is 5.69 Å². The fourth-order valence-electron chi connectivity index (χ4n) is 2.92. The zero-order chi connectivity index (χ0) is 23.3.